The summed E-state index contributed by atoms with van der Waals surface area (Å²) >= 11 is 0. The van der Waals surface area contributed by atoms with Crippen molar-refractivity contribution in [1.82, 2.24) is 20.6 Å². The summed E-state index contributed by atoms with van der Waals surface area (Å²) in [6, 6.07) is -0.298. The van der Waals surface area contributed by atoms with Crippen LogP contribution in [-0.4, -0.2) is 72.0 Å². The first-order chi connectivity index (χ1) is 12.4. The third kappa shape index (κ3) is 5.95. The van der Waals surface area contributed by atoms with Gasteiger partial charge in [-0.1, -0.05) is 39.0 Å². The maximum atomic E-state index is 13.1. The van der Waals surface area contributed by atoms with E-state index in [9.17, 15) is 14.4 Å². The standard InChI is InChI=1S/C18H34N4O4/c1-4-5-6-7-8-9-10-15(23)18(13-16(24)20-26)14-19-11-12-22(18)17(25)21(2)3/h19,26H,4-14H2,1-3H3,(H,20,24)/t18-/m1/s1. The van der Waals surface area contributed by atoms with Crippen LogP contribution in [-0.2, 0) is 9.59 Å². The molecule has 3 amide bonds. The summed E-state index contributed by atoms with van der Waals surface area (Å²) in [5.74, 6) is -0.791. The predicted octanol–water partition coefficient (Wildman–Crippen LogP) is 1.53. The summed E-state index contributed by atoms with van der Waals surface area (Å²) in [6.45, 7) is 3.28. The van der Waals surface area contributed by atoms with Crippen LogP contribution in [0.15, 0.2) is 0 Å². The number of carbonyl (C=O) groups excluding carboxylic acids is 3. The Morgan fingerprint density at radius 3 is 2.42 bits per heavy atom. The molecular weight excluding hydrogens is 336 g/mol. The topological polar surface area (TPSA) is 102 Å². The smallest absolute Gasteiger partial charge is 0.320 e. The van der Waals surface area contributed by atoms with E-state index in [0.29, 0.717) is 19.5 Å². The van der Waals surface area contributed by atoms with E-state index in [2.05, 4.69) is 12.2 Å². The van der Waals surface area contributed by atoms with Gasteiger partial charge in [0.2, 0.25) is 5.91 Å². The molecule has 0 aromatic rings. The molecule has 26 heavy (non-hydrogen) atoms. The number of nitrogens with one attached hydrogen (secondary N) is 2. The Bertz CT molecular complexity index is 484. The first-order valence-electron chi connectivity index (χ1n) is 9.55. The van der Waals surface area contributed by atoms with Gasteiger partial charge in [-0.25, -0.2) is 10.3 Å². The summed E-state index contributed by atoms with van der Waals surface area (Å²) in [4.78, 5) is 40.5. The lowest BCUT2D eigenvalue weighted by molar-refractivity contribution is -0.140. The molecule has 1 atom stereocenters. The van der Waals surface area contributed by atoms with Crippen molar-refractivity contribution in [2.75, 3.05) is 33.7 Å². The molecule has 8 nitrogen and oxygen atoms in total. The number of unbranched alkanes of at least 4 members (excludes halogenated alkanes) is 5. The highest BCUT2D eigenvalue weighted by Gasteiger charge is 2.49. The number of hydrogen-bond acceptors (Lipinski definition) is 5. The molecule has 1 saturated heterocycles. The zero-order valence-corrected chi connectivity index (χ0v) is 16.3. The van der Waals surface area contributed by atoms with Gasteiger partial charge in [-0.05, 0) is 6.42 Å². The number of hydroxylamine groups is 1. The minimum absolute atomic E-state index is 0.126. The van der Waals surface area contributed by atoms with Gasteiger partial charge in [0.05, 0.1) is 6.42 Å². The molecule has 0 spiro atoms. The van der Waals surface area contributed by atoms with Gasteiger partial charge in [-0.15, -0.1) is 0 Å². The van der Waals surface area contributed by atoms with Crippen LogP contribution in [0.5, 0.6) is 0 Å². The molecule has 0 aliphatic carbocycles. The Hall–Kier alpha value is -1.67. The van der Waals surface area contributed by atoms with Crippen LogP contribution in [0, 0.1) is 0 Å². The van der Waals surface area contributed by atoms with E-state index < -0.39 is 11.4 Å². The molecule has 1 fully saturated rings. The van der Waals surface area contributed by atoms with Crippen molar-refractivity contribution in [3.05, 3.63) is 0 Å². The van der Waals surface area contributed by atoms with E-state index in [1.54, 1.807) is 19.6 Å². The normalized spacial score (nSPS) is 19.9. The average molecular weight is 370 g/mol. The molecule has 8 heteroatoms. The molecule has 3 N–H and O–H groups in total. The number of piperazine rings is 1. The van der Waals surface area contributed by atoms with Crippen LogP contribution in [0.2, 0.25) is 0 Å². The lowest BCUT2D eigenvalue weighted by Gasteiger charge is -2.46. The highest BCUT2D eigenvalue weighted by Crippen LogP contribution is 2.27. The Balaban J connectivity index is 2.87. The number of hydrogen-bond donors (Lipinski definition) is 3. The second-order valence-corrected chi connectivity index (χ2v) is 7.19. The number of ketones is 1. The fourth-order valence-electron chi connectivity index (χ4n) is 3.42. The van der Waals surface area contributed by atoms with Gasteiger partial charge in [0, 0.05) is 40.2 Å². The lowest BCUT2D eigenvalue weighted by atomic mass is 9.83. The number of Topliss-reactive ketones (excluding diaryl/α,β-unsaturated/α-hetero) is 1. The molecule has 1 aliphatic heterocycles. The number of amides is 3. The summed E-state index contributed by atoms with van der Waals surface area (Å²) in [6.07, 6.45) is 6.40. The molecule has 0 aromatic heterocycles. The van der Waals surface area contributed by atoms with Crippen molar-refractivity contribution in [3.63, 3.8) is 0 Å². The molecule has 1 heterocycles. The van der Waals surface area contributed by atoms with Gasteiger partial charge < -0.3 is 15.1 Å². The SMILES string of the molecule is CCCCCCCCC(=O)[C@@]1(CC(=O)NO)CNCCN1C(=O)N(C)C. The number of urea groups is 1. The molecule has 1 rings (SSSR count). The zero-order chi connectivity index (χ0) is 19.6. The van der Waals surface area contributed by atoms with Crippen LogP contribution in [0.4, 0.5) is 4.79 Å². The van der Waals surface area contributed by atoms with Crippen LogP contribution < -0.4 is 10.8 Å². The minimum Gasteiger partial charge on any atom is -0.331 e. The van der Waals surface area contributed by atoms with Gasteiger partial charge in [0.1, 0.15) is 5.54 Å². The molecule has 0 bridgehead atoms. The summed E-state index contributed by atoms with van der Waals surface area (Å²) in [7, 11) is 3.25. The molecule has 0 aromatic carbocycles. The molecule has 0 unspecified atom stereocenters. The van der Waals surface area contributed by atoms with Crippen molar-refractivity contribution in [2.45, 2.75) is 63.8 Å². The van der Waals surface area contributed by atoms with E-state index in [-0.39, 0.29) is 24.8 Å². The Labute approximate surface area is 156 Å². The second kappa shape index (κ2) is 11.1. The van der Waals surface area contributed by atoms with Gasteiger partial charge in [0.15, 0.2) is 5.78 Å². The number of rotatable bonds is 10. The van der Waals surface area contributed by atoms with Crippen molar-refractivity contribution in [1.29, 1.82) is 0 Å². The van der Waals surface area contributed by atoms with Crippen molar-refractivity contribution < 1.29 is 19.6 Å². The average Bonchev–Trinajstić information content (AvgIpc) is 2.63. The molecule has 0 saturated carbocycles. The molecule has 150 valence electrons. The van der Waals surface area contributed by atoms with Crippen molar-refractivity contribution in [2.24, 2.45) is 0 Å². The quantitative estimate of drug-likeness (QED) is 0.307. The van der Waals surface area contributed by atoms with Crippen LogP contribution in [0.25, 0.3) is 0 Å². The van der Waals surface area contributed by atoms with E-state index >= 15 is 0 Å². The summed E-state index contributed by atoms with van der Waals surface area (Å²) in [5, 5.41) is 12.1. The number of nitrogens with zero attached hydrogens (tertiary/aromatic N) is 2. The van der Waals surface area contributed by atoms with E-state index in [4.69, 9.17) is 5.21 Å². The summed E-state index contributed by atoms with van der Waals surface area (Å²) < 4.78 is 0. The fraction of sp³-hybridized carbons (Fsp3) is 0.833. The first-order valence-corrected chi connectivity index (χ1v) is 9.55. The Morgan fingerprint density at radius 2 is 1.81 bits per heavy atom. The van der Waals surface area contributed by atoms with Crippen LogP contribution in [0.1, 0.15) is 58.3 Å². The molecular formula is C18H34N4O4. The second-order valence-electron chi connectivity index (χ2n) is 7.19. The first kappa shape index (κ1) is 22.4. The largest absolute Gasteiger partial charge is 0.331 e. The Morgan fingerprint density at radius 1 is 1.15 bits per heavy atom. The zero-order valence-electron chi connectivity index (χ0n) is 16.3. The van der Waals surface area contributed by atoms with Gasteiger partial charge in [0.25, 0.3) is 0 Å². The van der Waals surface area contributed by atoms with Gasteiger partial charge in [-0.3, -0.25) is 14.8 Å². The van der Waals surface area contributed by atoms with Crippen molar-refractivity contribution in [3.8, 4) is 0 Å². The maximum Gasteiger partial charge on any atom is 0.320 e. The van der Waals surface area contributed by atoms with E-state index in [1.807, 2.05) is 0 Å². The third-order valence-corrected chi connectivity index (χ3v) is 4.91. The van der Waals surface area contributed by atoms with Crippen molar-refractivity contribution >= 4 is 17.7 Å². The predicted molar refractivity (Wildman–Crippen MR) is 98.9 cm³/mol. The molecule has 0 radical (unpaired) electrons. The van der Waals surface area contributed by atoms with Gasteiger partial charge >= 0.3 is 6.03 Å². The molecule has 1 aliphatic rings. The van der Waals surface area contributed by atoms with Crippen LogP contribution >= 0.6 is 0 Å². The van der Waals surface area contributed by atoms with E-state index in [0.717, 1.165) is 25.7 Å². The maximum absolute atomic E-state index is 13.1. The van der Waals surface area contributed by atoms with E-state index in [1.165, 1.54) is 22.6 Å². The lowest BCUT2D eigenvalue weighted by Crippen LogP contribution is -2.69. The van der Waals surface area contributed by atoms with Crippen LogP contribution in [0.3, 0.4) is 0 Å². The third-order valence-electron chi connectivity index (χ3n) is 4.91. The van der Waals surface area contributed by atoms with Gasteiger partial charge in [-0.2, -0.15) is 0 Å². The monoisotopic (exact) mass is 370 g/mol. The minimum atomic E-state index is -1.25. The Kier molecular flexibility index (Phi) is 9.58. The highest BCUT2D eigenvalue weighted by molar-refractivity contribution is 5.97. The number of carbonyl (C=O) groups is 3. The highest BCUT2D eigenvalue weighted by atomic mass is 16.5. The summed E-state index contributed by atoms with van der Waals surface area (Å²) in [5.41, 5.74) is 0.346. The fourth-order valence-corrected chi connectivity index (χ4v) is 3.42.